The second-order valence-corrected chi connectivity index (χ2v) is 8.10. The van der Waals surface area contributed by atoms with E-state index in [1.165, 1.54) is 30.0 Å². The predicted molar refractivity (Wildman–Crippen MR) is 105 cm³/mol. The Bertz CT molecular complexity index is 1100. The lowest BCUT2D eigenvalue weighted by atomic mass is 10.3. The Balaban J connectivity index is 1.67. The highest BCUT2D eigenvalue weighted by Crippen LogP contribution is 2.23. The summed E-state index contributed by atoms with van der Waals surface area (Å²) in [5.74, 6) is 0.425. The first-order chi connectivity index (χ1) is 13.4. The van der Waals surface area contributed by atoms with E-state index in [0.717, 1.165) is 5.69 Å². The summed E-state index contributed by atoms with van der Waals surface area (Å²) in [6, 6.07) is 13.1. The van der Waals surface area contributed by atoms with Gasteiger partial charge in [0.2, 0.25) is 15.9 Å². The number of carbonyl (C=O) groups excluding carboxylic acids is 1. The molecule has 1 amide bonds. The molecule has 11 heteroatoms. The number of rotatable bonds is 7. The minimum atomic E-state index is -3.84. The quantitative estimate of drug-likeness (QED) is 0.557. The monoisotopic (exact) mass is 419 g/mol. The van der Waals surface area contributed by atoms with Crippen LogP contribution in [0.1, 0.15) is 0 Å². The highest BCUT2D eigenvalue weighted by atomic mass is 32.2. The van der Waals surface area contributed by atoms with Crippen LogP contribution in [0.15, 0.2) is 64.9 Å². The van der Waals surface area contributed by atoms with E-state index in [0.29, 0.717) is 16.6 Å². The van der Waals surface area contributed by atoms with E-state index in [1.807, 2.05) is 24.3 Å². The van der Waals surface area contributed by atoms with E-state index < -0.39 is 10.0 Å². The molecule has 0 aliphatic rings. The number of benzene rings is 2. The summed E-state index contributed by atoms with van der Waals surface area (Å²) in [7, 11) is -2.26. The maximum absolute atomic E-state index is 12.2. The first-order valence-electron chi connectivity index (χ1n) is 7.97. The summed E-state index contributed by atoms with van der Waals surface area (Å²) in [6.45, 7) is 0. The van der Waals surface area contributed by atoms with Gasteiger partial charge in [0.1, 0.15) is 12.1 Å². The van der Waals surface area contributed by atoms with E-state index in [9.17, 15) is 13.2 Å². The zero-order chi connectivity index (χ0) is 20.1. The van der Waals surface area contributed by atoms with Crippen LogP contribution in [0.4, 0.5) is 5.69 Å². The van der Waals surface area contributed by atoms with Gasteiger partial charge in [0.25, 0.3) is 0 Å². The van der Waals surface area contributed by atoms with Crippen molar-refractivity contribution in [3.8, 4) is 11.4 Å². The molecule has 0 radical (unpaired) electrons. The summed E-state index contributed by atoms with van der Waals surface area (Å²) >= 11 is 1.19. The van der Waals surface area contributed by atoms with Gasteiger partial charge in [-0.2, -0.15) is 0 Å². The summed E-state index contributed by atoms with van der Waals surface area (Å²) in [5, 5.41) is 16.2. The highest BCUT2D eigenvalue weighted by Gasteiger charge is 2.12. The molecule has 1 heterocycles. The van der Waals surface area contributed by atoms with Crippen LogP contribution < -0.4 is 15.2 Å². The van der Waals surface area contributed by atoms with Crippen LogP contribution >= 0.6 is 11.8 Å². The number of nitrogens with one attached hydrogen (secondary N) is 1. The molecule has 0 unspecified atom stereocenters. The first-order valence-corrected chi connectivity index (χ1v) is 10.5. The molecule has 0 atom stereocenters. The van der Waals surface area contributed by atoms with Gasteiger partial charge in [-0.15, -0.1) is 10.2 Å². The Labute approximate surface area is 166 Å². The van der Waals surface area contributed by atoms with Crippen LogP contribution in [-0.2, 0) is 14.8 Å². The fourth-order valence-corrected chi connectivity index (χ4v) is 3.63. The smallest absolute Gasteiger partial charge is 0.238 e. The lowest BCUT2D eigenvalue weighted by Crippen LogP contribution is -2.16. The van der Waals surface area contributed by atoms with Crippen LogP contribution in [0.3, 0.4) is 0 Å². The van der Waals surface area contributed by atoms with E-state index in [1.54, 1.807) is 24.1 Å². The van der Waals surface area contributed by atoms with Crippen molar-refractivity contribution in [3.05, 3.63) is 54.9 Å². The molecule has 0 saturated heterocycles. The van der Waals surface area contributed by atoms with Crippen molar-refractivity contribution in [2.24, 2.45) is 5.14 Å². The second-order valence-electron chi connectivity index (χ2n) is 5.59. The highest BCUT2D eigenvalue weighted by molar-refractivity contribution is 7.99. The zero-order valence-electron chi connectivity index (χ0n) is 14.8. The Morgan fingerprint density at radius 2 is 2.04 bits per heavy atom. The summed E-state index contributed by atoms with van der Waals surface area (Å²) in [5.41, 5.74) is 1.14. The van der Waals surface area contributed by atoms with E-state index >= 15 is 0 Å². The molecular formula is C17H17N5O4S2. The fraction of sp³-hybridized carbons (Fsp3) is 0.118. The van der Waals surface area contributed by atoms with Crippen molar-refractivity contribution in [1.29, 1.82) is 0 Å². The molecule has 0 aliphatic heterocycles. The summed E-state index contributed by atoms with van der Waals surface area (Å²) < 4.78 is 29.8. The van der Waals surface area contributed by atoms with Gasteiger partial charge in [-0.3, -0.25) is 9.36 Å². The van der Waals surface area contributed by atoms with Gasteiger partial charge in [-0.25, -0.2) is 13.6 Å². The number of hydrogen-bond acceptors (Lipinski definition) is 7. The number of ether oxygens (including phenoxy) is 1. The van der Waals surface area contributed by atoms with Gasteiger partial charge in [-0.05, 0) is 30.3 Å². The van der Waals surface area contributed by atoms with Crippen molar-refractivity contribution in [2.75, 3.05) is 18.2 Å². The number of methoxy groups -OCH3 is 1. The van der Waals surface area contributed by atoms with Crippen LogP contribution in [0.2, 0.25) is 0 Å². The third-order valence-corrected chi connectivity index (χ3v) is 5.48. The molecule has 0 aliphatic carbocycles. The Morgan fingerprint density at radius 3 is 2.79 bits per heavy atom. The zero-order valence-corrected chi connectivity index (χ0v) is 16.4. The van der Waals surface area contributed by atoms with E-state index in [4.69, 9.17) is 9.88 Å². The molecule has 146 valence electrons. The molecule has 3 rings (SSSR count). The van der Waals surface area contributed by atoms with Crippen molar-refractivity contribution in [2.45, 2.75) is 10.1 Å². The SMILES string of the molecule is COc1cccc(-n2cnnc2SCC(=O)Nc2cccc(S(N)(=O)=O)c2)c1. The molecular weight excluding hydrogens is 402 g/mol. The maximum atomic E-state index is 12.2. The van der Waals surface area contributed by atoms with Crippen molar-refractivity contribution < 1.29 is 17.9 Å². The van der Waals surface area contributed by atoms with Crippen LogP contribution in [0.5, 0.6) is 5.75 Å². The lowest BCUT2D eigenvalue weighted by Gasteiger charge is -2.09. The molecule has 3 aromatic rings. The molecule has 0 spiro atoms. The van der Waals surface area contributed by atoms with Gasteiger partial charge < -0.3 is 10.1 Å². The predicted octanol–water partition coefficient (Wildman–Crippen LogP) is 1.65. The molecule has 9 nitrogen and oxygen atoms in total. The number of hydrogen-bond donors (Lipinski definition) is 2. The minimum absolute atomic E-state index is 0.0578. The number of thioether (sulfide) groups is 1. The average molecular weight is 419 g/mol. The number of sulfonamides is 1. The Kier molecular flexibility index (Phi) is 5.97. The van der Waals surface area contributed by atoms with Crippen molar-refractivity contribution in [1.82, 2.24) is 14.8 Å². The van der Waals surface area contributed by atoms with E-state index in [2.05, 4.69) is 15.5 Å². The maximum Gasteiger partial charge on any atom is 0.238 e. The normalized spacial score (nSPS) is 11.2. The first kappa shape index (κ1) is 19.9. The molecule has 0 saturated carbocycles. The number of carbonyl (C=O) groups is 1. The molecule has 28 heavy (non-hydrogen) atoms. The number of nitrogens with zero attached hydrogens (tertiary/aromatic N) is 3. The third kappa shape index (κ3) is 4.88. The molecule has 1 aromatic heterocycles. The topological polar surface area (TPSA) is 129 Å². The van der Waals surface area contributed by atoms with Crippen molar-refractivity contribution in [3.63, 3.8) is 0 Å². The second kappa shape index (κ2) is 8.42. The number of nitrogens with two attached hydrogens (primary N) is 1. The number of primary sulfonamides is 1. The summed E-state index contributed by atoms with van der Waals surface area (Å²) in [6.07, 6.45) is 1.55. The largest absolute Gasteiger partial charge is 0.497 e. The molecule has 3 N–H and O–H groups in total. The van der Waals surface area contributed by atoms with Crippen LogP contribution in [-0.4, -0.2) is 42.0 Å². The van der Waals surface area contributed by atoms with Gasteiger partial charge >= 0.3 is 0 Å². The minimum Gasteiger partial charge on any atom is -0.497 e. The molecule has 2 aromatic carbocycles. The number of aromatic nitrogens is 3. The Morgan fingerprint density at radius 1 is 1.25 bits per heavy atom. The summed E-state index contributed by atoms with van der Waals surface area (Å²) in [4.78, 5) is 12.2. The number of amides is 1. The fourth-order valence-electron chi connectivity index (χ4n) is 2.34. The van der Waals surface area contributed by atoms with Gasteiger partial charge in [0.05, 0.1) is 23.4 Å². The molecule has 0 bridgehead atoms. The van der Waals surface area contributed by atoms with Gasteiger partial charge in [0, 0.05) is 11.8 Å². The van der Waals surface area contributed by atoms with E-state index in [-0.39, 0.29) is 16.6 Å². The number of anilines is 1. The standard InChI is InChI=1S/C17H17N5O4S2/c1-26-14-6-3-5-13(9-14)22-11-19-21-17(22)27-10-16(23)20-12-4-2-7-15(8-12)28(18,24)25/h2-9,11H,10H2,1H3,(H,20,23)(H2,18,24,25). The van der Waals surface area contributed by atoms with Gasteiger partial charge in [0.15, 0.2) is 5.16 Å². The Hall–Kier alpha value is -2.89. The van der Waals surface area contributed by atoms with Crippen molar-refractivity contribution >= 4 is 33.4 Å². The lowest BCUT2D eigenvalue weighted by molar-refractivity contribution is -0.113. The average Bonchev–Trinajstić information content (AvgIpc) is 3.14. The van der Waals surface area contributed by atoms with Gasteiger partial charge in [-0.1, -0.05) is 23.9 Å². The third-order valence-electron chi connectivity index (χ3n) is 3.63. The molecule has 0 fully saturated rings. The van der Waals surface area contributed by atoms with Crippen LogP contribution in [0, 0.1) is 0 Å². The van der Waals surface area contributed by atoms with Crippen LogP contribution in [0.25, 0.3) is 5.69 Å².